The first-order chi connectivity index (χ1) is 10.4. The lowest BCUT2D eigenvalue weighted by Crippen LogP contribution is -2.30. The molecule has 122 valence electrons. The molecule has 0 aliphatic carbocycles. The van der Waals surface area contributed by atoms with Gasteiger partial charge in [0.25, 0.3) is 0 Å². The summed E-state index contributed by atoms with van der Waals surface area (Å²) in [6, 6.07) is 2.32. The fourth-order valence-electron chi connectivity index (χ4n) is 2.46. The number of hydrogen-bond acceptors (Lipinski definition) is 4. The number of nitro benzene ring substituents is 1. The van der Waals surface area contributed by atoms with Crippen LogP contribution in [-0.2, 0) is 6.18 Å². The molecule has 1 aliphatic rings. The number of ether oxygens (including phenoxy) is 1. The van der Waals surface area contributed by atoms with Gasteiger partial charge >= 0.3 is 11.9 Å². The molecule has 22 heavy (non-hydrogen) atoms. The Morgan fingerprint density at radius 3 is 2.77 bits per heavy atom. The second-order valence-corrected chi connectivity index (χ2v) is 5.29. The molecule has 0 unspecified atom stereocenters. The number of benzene rings is 1. The van der Waals surface area contributed by atoms with E-state index in [0.29, 0.717) is 18.4 Å². The molecule has 0 radical (unpaired) electrons. The normalized spacial score (nSPS) is 19.0. The van der Waals surface area contributed by atoms with Crippen molar-refractivity contribution in [1.82, 2.24) is 5.32 Å². The van der Waals surface area contributed by atoms with Gasteiger partial charge in [-0.05, 0) is 50.4 Å². The third-order valence-corrected chi connectivity index (χ3v) is 3.67. The van der Waals surface area contributed by atoms with Crippen molar-refractivity contribution in [3.63, 3.8) is 0 Å². The summed E-state index contributed by atoms with van der Waals surface area (Å²) in [5, 5.41) is 14.2. The lowest BCUT2D eigenvalue weighted by atomic mass is 9.97. The third kappa shape index (κ3) is 4.33. The number of nitrogens with one attached hydrogen (secondary N) is 1. The minimum Gasteiger partial charge on any atom is -0.487 e. The zero-order valence-corrected chi connectivity index (χ0v) is 11.9. The average molecular weight is 318 g/mol. The zero-order valence-electron chi connectivity index (χ0n) is 11.9. The quantitative estimate of drug-likeness (QED) is 0.668. The van der Waals surface area contributed by atoms with E-state index in [-0.39, 0.29) is 12.4 Å². The van der Waals surface area contributed by atoms with Crippen LogP contribution >= 0.6 is 0 Å². The summed E-state index contributed by atoms with van der Waals surface area (Å²) in [5.41, 5.74) is -1.71. The fraction of sp³-hybridized carbons (Fsp3) is 0.571. The molecule has 0 aromatic heterocycles. The van der Waals surface area contributed by atoms with Gasteiger partial charge in [-0.25, -0.2) is 0 Å². The number of nitrogens with zero attached hydrogens (tertiary/aromatic N) is 1. The van der Waals surface area contributed by atoms with Crippen LogP contribution in [0.25, 0.3) is 0 Å². The molecular formula is C14H17F3N2O3. The molecule has 5 nitrogen and oxygen atoms in total. The average Bonchev–Trinajstić information content (AvgIpc) is 2.47. The standard InChI is InChI=1S/C14H17F3N2O3/c15-14(16,17)11-3-4-13(12(8-11)19(20)21)22-7-5-10-2-1-6-18-9-10/h3-4,8,10,18H,1-2,5-7,9H2/t10-/m1/s1. The molecule has 8 heteroatoms. The second-order valence-electron chi connectivity index (χ2n) is 5.29. The van der Waals surface area contributed by atoms with Crippen LogP contribution in [-0.4, -0.2) is 24.6 Å². The van der Waals surface area contributed by atoms with Crippen LogP contribution in [0.15, 0.2) is 18.2 Å². The summed E-state index contributed by atoms with van der Waals surface area (Å²) in [6.07, 6.45) is -1.77. The minimum atomic E-state index is -4.61. The maximum Gasteiger partial charge on any atom is 0.416 e. The molecule has 1 saturated heterocycles. The zero-order chi connectivity index (χ0) is 16.2. The SMILES string of the molecule is O=[N+]([O-])c1cc(C(F)(F)F)ccc1OCC[C@H]1CCCNC1. The van der Waals surface area contributed by atoms with Gasteiger partial charge in [0.05, 0.1) is 17.1 Å². The van der Waals surface area contributed by atoms with Crippen molar-refractivity contribution < 1.29 is 22.8 Å². The number of nitro groups is 1. The van der Waals surface area contributed by atoms with Crippen molar-refractivity contribution in [2.45, 2.75) is 25.4 Å². The highest BCUT2D eigenvalue weighted by atomic mass is 19.4. The van der Waals surface area contributed by atoms with E-state index in [4.69, 9.17) is 4.74 Å². The Balaban J connectivity index is 2.01. The van der Waals surface area contributed by atoms with E-state index >= 15 is 0 Å². The van der Waals surface area contributed by atoms with Crippen LogP contribution in [0.1, 0.15) is 24.8 Å². The first kappa shape index (κ1) is 16.5. The molecule has 0 spiro atoms. The number of hydrogen-bond donors (Lipinski definition) is 1. The molecule has 1 heterocycles. The Labute approximate surface area is 125 Å². The predicted molar refractivity (Wildman–Crippen MR) is 73.8 cm³/mol. The summed E-state index contributed by atoms with van der Waals surface area (Å²) < 4.78 is 43.1. The second kappa shape index (κ2) is 6.95. The summed E-state index contributed by atoms with van der Waals surface area (Å²) in [7, 11) is 0. The summed E-state index contributed by atoms with van der Waals surface area (Å²) in [4.78, 5) is 10.1. The van der Waals surface area contributed by atoms with Crippen molar-refractivity contribution >= 4 is 5.69 Å². The molecular weight excluding hydrogens is 301 g/mol. The molecule has 1 N–H and O–H groups in total. The molecule has 1 atom stereocenters. The van der Waals surface area contributed by atoms with Gasteiger partial charge in [-0.1, -0.05) is 0 Å². The van der Waals surface area contributed by atoms with Gasteiger partial charge in [-0.15, -0.1) is 0 Å². The van der Waals surface area contributed by atoms with Crippen molar-refractivity contribution in [2.24, 2.45) is 5.92 Å². The van der Waals surface area contributed by atoms with Crippen molar-refractivity contribution in [3.8, 4) is 5.75 Å². The Morgan fingerprint density at radius 2 is 2.18 bits per heavy atom. The maximum absolute atomic E-state index is 12.6. The van der Waals surface area contributed by atoms with E-state index in [9.17, 15) is 23.3 Å². The van der Waals surface area contributed by atoms with Crippen LogP contribution < -0.4 is 10.1 Å². The first-order valence-electron chi connectivity index (χ1n) is 7.07. The highest BCUT2D eigenvalue weighted by Gasteiger charge is 2.33. The van der Waals surface area contributed by atoms with Crippen LogP contribution in [0.2, 0.25) is 0 Å². The smallest absolute Gasteiger partial charge is 0.416 e. The van der Waals surface area contributed by atoms with E-state index < -0.39 is 22.4 Å². The Hall–Kier alpha value is -1.83. The largest absolute Gasteiger partial charge is 0.487 e. The first-order valence-corrected chi connectivity index (χ1v) is 7.07. The van der Waals surface area contributed by atoms with Gasteiger partial charge < -0.3 is 10.1 Å². The molecule has 0 saturated carbocycles. The number of alkyl halides is 3. The molecule has 2 rings (SSSR count). The van der Waals surface area contributed by atoms with Gasteiger partial charge in [0, 0.05) is 6.07 Å². The van der Waals surface area contributed by atoms with E-state index in [1.54, 1.807) is 0 Å². The van der Waals surface area contributed by atoms with Gasteiger partial charge in [0.2, 0.25) is 0 Å². The Bertz CT molecular complexity index is 529. The van der Waals surface area contributed by atoms with Gasteiger partial charge in [-0.2, -0.15) is 13.2 Å². The van der Waals surface area contributed by atoms with Crippen LogP contribution in [0, 0.1) is 16.0 Å². The number of rotatable bonds is 5. The monoisotopic (exact) mass is 318 g/mol. The molecule has 0 bridgehead atoms. The topological polar surface area (TPSA) is 64.4 Å². The predicted octanol–water partition coefficient (Wildman–Crippen LogP) is 3.38. The molecule has 0 amide bonds. The van der Waals surface area contributed by atoms with Crippen LogP contribution in [0.3, 0.4) is 0 Å². The molecule has 1 aliphatic heterocycles. The summed E-state index contributed by atoms with van der Waals surface area (Å²) in [6.45, 7) is 2.11. The van der Waals surface area contributed by atoms with Gasteiger partial charge in [0.1, 0.15) is 0 Å². The Morgan fingerprint density at radius 1 is 1.41 bits per heavy atom. The molecule has 1 aromatic rings. The summed E-state index contributed by atoms with van der Waals surface area (Å²) in [5.74, 6) is 0.309. The van der Waals surface area contributed by atoms with Crippen LogP contribution in [0.5, 0.6) is 5.75 Å². The van der Waals surface area contributed by atoms with E-state index in [1.165, 1.54) is 0 Å². The fourth-order valence-corrected chi connectivity index (χ4v) is 2.46. The van der Waals surface area contributed by atoms with E-state index in [1.807, 2.05) is 0 Å². The Kier molecular flexibility index (Phi) is 5.23. The van der Waals surface area contributed by atoms with Crippen molar-refractivity contribution in [2.75, 3.05) is 19.7 Å². The molecule has 1 fully saturated rings. The van der Waals surface area contributed by atoms with Gasteiger partial charge in [-0.3, -0.25) is 10.1 Å². The third-order valence-electron chi connectivity index (χ3n) is 3.67. The summed E-state index contributed by atoms with van der Waals surface area (Å²) >= 11 is 0. The minimum absolute atomic E-state index is 0.123. The van der Waals surface area contributed by atoms with E-state index in [2.05, 4.69) is 5.32 Å². The number of piperidine rings is 1. The lowest BCUT2D eigenvalue weighted by molar-refractivity contribution is -0.386. The van der Waals surface area contributed by atoms with Gasteiger partial charge in [0.15, 0.2) is 5.75 Å². The van der Waals surface area contributed by atoms with Crippen LogP contribution in [0.4, 0.5) is 18.9 Å². The number of halogens is 3. The molecule has 1 aromatic carbocycles. The van der Waals surface area contributed by atoms with Crippen molar-refractivity contribution in [3.05, 3.63) is 33.9 Å². The van der Waals surface area contributed by atoms with E-state index in [0.717, 1.165) is 38.1 Å². The highest BCUT2D eigenvalue weighted by Crippen LogP contribution is 2.36. The van der Waals surface area contributed by atoms with Crippen molar-refractivity contribution in [1.29, 1.82) is 0 Å². The highest BCUT2D eigenvalue weighted by molar-refractivity contribution is 5.49. The lowest BCUT2D eigenvalue weighted by Gasteiger charge is -2.22. The maximum atomic E-state index is 12.6.